The van der Waals surface area contributed by atoms with Crippen LogP contribution in [0.1, 0.15) is 106 Å². The number of rotatable bonds is 16. The van der Waals surface area contributed by atoms with Crippen molar-refractivity contribution in [3.8, 4) is 0 Å². The Morgan fingerprint density at radius 2 is 1.04 bits per heavy atom. The number of carbonyl (C=O) groups excluding carboxylic acids is 2. The molecule has 3 unspecified atom stereocenters. The zero-order valence-corrected chi connectivity index (χ0v) is 18.3. The third-order valence-electron chi connectivity index (χ3n) is 5.40. The van der Waals surface area contributed by atoms with E-state index in [-0.39, 0.29) is 0 Å². The molecule has 0 amide bonds. The number of esters is 1. The Labute approximate surface area is 162 Å². The van der Waals surface area contributed by atoms with Crippen molar-refractivity contribution in [3.63, 3.8) is 0 Å². The van der Waals surface area contributed by atoms with Gasteiger partial charge in [0.2, 0.25) is 5.78 Å². The minimum absolute atomic E-state index is 0.365. The van der Waals surface area contributed by atoms with Crippen LogP contribution in [-0.2, 0) is 14.3 Å². The van der Waals surface area contributed by atoms with E-state index in [4.69, 9.17) is 4.74 Å². The van der Waals surface area contributed by atoms with E-state index in [1.807, 2.05) is 0 Å². The summed E-state index contributed by atoms with van der Waals surface area (Å²) in [6.07, 6.45) is 12.8. The Balaban J connectivity index is 3.59. The molecule has 0 bridgehead atoms. The van der Waals surface area contributed by atoms with Gasteiger partial charge in [-0.1, -0.05) is 92.4 Å². The molecule has 3 nitrogen and oxygen atoms in total. The Morgan fingerprint density at radius 3 is 1.42 bits per heavy atom. The Morgan fingerprint density at radius 1 is 0.654 bits per heavy atom. The molecule has 0 aliphatic heterocycles. The number of carbonyl (C=O) groups is 2. The number of hydrogen-bond donors (Lipinski definition) is 0. The lowest BCUT2D eigenvalue weighted by molar-refractivity contribution is -0.153. The van der Waals surface area contributed by atoms with Crippen molar-refractivity contribution in [2.24, 2.45) is 23.7 Å². The normalized spacial score (nSPS) is 14.9. The standard InChI is InChI=1S/C23H44O3/c1-18(2)10-7-11-19(3)12-8-13-20(4)14-9-15-21(5)16-17-26-23(25)22(6)24/h18-21H,7-17H2,1-6H3. The van der Waals surface area contributed by atoms with Crippen molar-refractivity contribution in [1.29, 1.82) is 0 Å². The van der Waals surface area contributed by atoms with E-state index in [9.17, 15) is 9.59 Å². The van der Waals surface area contributed by atoms with Gasteiger partial charge in [0.05, 0.1) is 6.61 Å². The minimum atomic E-state index is -0.704. The molecule has 0 spiro atoms. The molecule has 26 heavy (non-hydrogen) atoms. The first-order valence-corrected chi connectivity index (χ1v) is 10.9. The van der Waals surface area contributed by atoms with Crippen molar-refractivity contribution in [1.82, 2.24) is 0 Å². The minimum Gasteiger partial charge on any atom is -0.460 e. The summed E-state index contributed by atoms with van der Waals surface area (Å²) >= 11 is 0. The molecule has 0 aromatic carbocycles. The molecule has 0 aromatic heterocycles. The molecule has 0 heterocycles. The van der Waals surface area contributed by atoms with Gasteiger partial charge in [0.25, 0.3) is 0 Å². The molecule has 154 valence electrons. The zero-order valence-electron chi connectivity index (χ0n) is 18.3. The van der Waals surface area contributed by atoms with Crippen LogP contribution < -0.4 is 0 Å². The van der Waals surface area contributed by atoms with E-state index in [0.717, 1.165) is 24.2 Å². The van der Waals surface area contributed by atoms with Gasteiger partial charge in [-0.15, -0.1) is 0 Å². The maximum absolute atomic E-state index is 11.1. The fourth-order valence-electron chi connectivity index (χ4n) is 3.39. The van der Waals surface area contributed by atoms with Gasteiger partial charge in [-0.3, -0.25) is 4.79 Å². The predicted molar refractivity (Wildman–Crippen MR) is 110 cm³/mol. The number of ether oxygens (including phenoxy) is 1. The fraction of sp³-hybridized carbons (Fsp3) is 0.913. The highest BCUT2D eigenvalue weighted by Gasteiger charge is 2.11. The average molecular weight is 369 g/mol. The van der Waals surface area contributed by atoms with E-state index in [1.165, 1.54) is 64.7 Å². The van der Waals surface area contributed by atoms with E-state index in [0.29, 0.717) is 12.5 Å². The van der Waals surface area contributed by atoms with Gasteiger partial charge in [-0.05, 0) is 30.1 Å². The van der Waals surface area contributed by atoms with E-state index < -0.39 is 11.8 Å². The lowest BCUT2D eigenvalue weighted by Gasteiger charge is -2.16. The summed E-state index contributed by atoms with van der Waals surface area (Å²) in [5.74, 6) is 1.85. The van der Waals surface area contributed by atoms with Crippen LogP contribution in [0.5, 0.6) is 0 Å². The molecule has 0 N–H and O–H groups in total. The molecule has 0 saturated carbocycles. The number of Topliss-reactive ketones (excluding diaryl/α,β-unsaturated/α-hetero) is 1. The van der Waals surface area contributed by atoms with Gasteiger partial charge in [-0.2, -0.15) is 0 Å². The number of ketones is 1. The molecule has 0 radical (unpaired) electrons. The smallest absolute Gasteiger partial charge is 0.374 e. The second-order valence-corrected chi connectivity index (χ2v) is 8.98. The van der Waals surface area contributed by atoms with Gasteiger partial charge in [-0.25, -0.2) is 4.79 Å². The maximum Gasteiger partial charge on any atom is 0.374 e. The Kier molecular flexibility index (Phi) is 14.7. The third kappa shape index (κ3) is 15.4. The third-order valence-corrected chi connectivity index (χ3v) is 5.40. The van der Waals surface area contributed by atoms with Crippen molar-refractivity contribution >= 4 is 11.8 Å². The van der Waals surface area contributed by atoms with Crippen molar-refractivity contribution in [3.05, 3.63) is 0 Å². The molecule has 0 fully saturated rings. The first-order valence-electron chi connectivity index (χ1n) is 10.9. The summed E-state index contributed by atoms with van der Waals surface area (Å²) in [6, 6.07) is 0. The van der Waals surface area contributed by atoms with Crippen LogP contribution in [-0.4, -0.2) is 18.4 Å². The highest BCUT2D eigenvalue weighted by Crippen LogP contribution is 2.22. The summed E-state index contributed by atoms with van der Waals surface area (Å²) < 4.78 is 4.93. The van der Waals surface area contributed by atoms with Crippen LogP contribution in [0.3, 0.4) is 0 Å². The summed E-state index contributed by atoms with van der Waals surface area (Å²) in [5.41, 5.74) is 0. The van der Waals surface area contributed by atoms with Gasteiger partial charge in [0.1, 0.15) is 0 Å². The molecular weight excluding hydrogens is 324 g/mol. The Hall–Kier alpha value is -0.860. The van der Waals surface area contributed by atoms with Crippen molar-refractivity contribution < 1.29 is 14.3 Å². The van der Waals surface area contributed by atoms with Crippen molar-refractivity contribution in [2.45, 2.75) is 106 Å². The summed E-state index contributed by atoms with van der Waals surface area (Å²) in [7, 11) is 0. The molecule has 3 heteroatoms. The largest absolute Gasteiger partial charge is 0.460 e. The average Bonchev–Trinajstić information content (AvgIpc) is 2.54. The summed E-state index contributed by atoms with van der Waals surface area (Å²) in [5, 5.41) is 0. The first kappa shape index (κ1) is 25.1. The first-order chi connectivity index (χ1) is 12.2. The van der Waals surface area contributed by atoms with Gasteiger partial charge in [0.15, 0.2) is 0 Å². The highest BCUT2D eigenvalue weighted by atomic mass is 16.5. The van der Waals surface area contributed by atoms with E-state index in [2.05, 4.69) is 34.6 Å². The lowest BCUT2D eigenvalue weighted by atomic mass is 9.91. The molecule has 0 saturated heterocycles. The van der Waals surface area contributed by atoms with Gasteiger partial charge in [0, 0.05) is 6.92 Å². The fourth-order valence-corrected chi connectivity index (χ4v) is 3.39. The SMILES string of the molecule is CC(=O)C(=O)OCCC(C)CCCC(C)CCCC(C)CCCC(C)C. The topological polar surface area (TPSA) is 43.4 Å². The maximum atomic E-state index is 11.1. The molecular formula is C23H44O3. The van der Waals surface area contributed by atoms with Crippen LogP contribution in [0.25, 0.3) is 0 Å². The van der Waals surface area contributed by atoms with Crippen LogP contribution >= 0.6 is 0 Å². The monoisotopic (exact) mass is 368 g/mol. The molecule has 0 aromatic rings. The van der Waals surface area contributed by atoms with E-state index >= 15 is 0 Å². The van der Waals surface area contributed by atoms with Crippen LogP contribution in [0.2, 0.25) is 0 Å². The zero-order chi connectivity index (χ0) is 19.9. The predicted octanol–water partition coefficient (Wildman–Crippen LogP) is 6.58. The Bertz CT molecular complexity index is 376. The van der Waals surface area contributed by atoms with Crippen LogP contribution in [0.15, 0.2) is 0 Å². The van der Waals surface area contributed by atoms with Crippen molar-refractivity contribution in [2.75, 3.05) is 6.61 Å². The molecule has 0 rings (SSSR count). The lowest BCUT2D eigenvalue weighted by Crippen LogP contribution is -2.15. The highest BCUT2D eigenvalue weighted by molar-refractivity contribution is 6.32. The van der Waals surface area contributed by atoms with Gasteiger partial charge < -0.3 is 4.74 Å². The quantitative estimate of drug-likeness (QED) is 0.228. The molecule has 0 aliphatic rings. The van der Waals surface area contributed by atoms with Crippen LogP contribution in [0.4, 0.5) is 0 Å². The molecule has 0 aliphatic carbocycles. The van der Waals surface area contributed by atoms with Gasteiger partial charge >= 0.3 is 5.97 Å². The van der Waals surface area contributed by atoms with E-state index in [1.54, 1.807) is 0 Å². The molecule has 3 atom stereocenters. The second-order valence-electron chi connectivity index (χ2n) is 8.98. The number of hydrogen-bond acceptors (Lipinski definition) is 3. The second kappa shape index (κ2) is 15.2. The summed E-state index contributed by atoms with van der Waals surface area (Å²) in [6.45, 7) is 13.2. The van der Waals surface area contributed by atoms with Crippen LogP contribution in [0, 0.1) is 23.7 Å². The summed E-state index contributed by atoms with van der Waals surface area (Å²) in [4.78, 5) is 21.9.